The second kappa shape index (κ2) is 6.34. The fourth-order valence-corrected chi connectivity index (χ4v) is 3.17. The molecule has 0 spiro atoms. The molecule has 0 bridgehead atoms. The van der Waals surface area contributed by atoms with Gasteiger partial charge in [0.2, 0.25) is 10.0 Å². The van der Waals surface area contributed by atoms with Crippen LogP contribution in [0.1, 0.15) is 23.2 Å². The van der Waals surface area contributed by atoms with Crippen molar-refractivity contribution in [3.8, 4) is 0 Å². The van der Waals surface area contributed by atoms with Crippen molar-refractivity contribution in [1.82, 2.24) is 4.72 Å². The van der Waals surface area contributed by atoms with Gasteiger partial charge in [0.05, 0.1) is 17.1 Å². The summed E-state index contributed by atoms with van der Waals surface area (Å²) < 4.78 is 31.9. The molecule has 6 nitrogen and oxygen atoms in total. The van der Waals surface area contributed by atoms with Crippen LogP contribution in [0.15, 0.2) is 29.2 Å². The second-order valence-corrected chi connectivity index (χ2v) is 6.53. The van der Waals surface area contributed by atoms with Crippen molar-refractivity contribution in [2.24, 2.45) is 5.92 Å². The Morgan fingerprint density at radius 1 is 1.35 bits per heavy atom. The number of aromatic carboxylic acids is 1. The van der Waals surface area contributed by atoms with Crippen molar-refractivity contribution in [2.45, 2.75) is 17.7 Å². The Kier molecular flexibility index (Phi) is 4.74. The predicted octanol–water partition coefficient (Wildman–Crippen LogP) is 1.09. The van der Waals surface area contributed by atoms with E-state index in [9.17, 15) is 13.2 Å². The van der Waals surface area contributed by atoms with E-state index in [0.717, 1.165) is 19.4 Å². The molecule has 1 aromatic carbocycles. The van der Waals surface area contributed by atoms with Crippen molar-refractivity contribution in [3.05, 3.63) is 29.8 Å². The van der Waals surface area contributed by atoms with Crippen LogP contribution in [0.25, 0.3) is 0 Å². The van der Waals surface area contributed by atoms with Crippen LogP contribution >= 0.6 is 0 Å². The first-order chi connectivity index (χ1) is 9.49. The lowest BCUT2D eigenvalue weighted by Crippen LogP contribution is -2.33. The summed E-state index contributed by atoms with van der Waals surface area (Å²) in [5, 5.41) is 8.77. The van der Waals surface area contributed by atoms with Gasteiger partial charge in [-0.15, -0.1) is 0 Å². The molecule has 110 valence electrons. The number of ether oxygens (including phenoxy) is 1. The molecule has 20 heavy (non-hydrogen) atoms. The van der Waals surface area contributed by atoms with Gasteiger partial charge in [-0.05, 0) is 43.0 Å². The Labute approximate surface area is 117 Å². The van der Waals surface area contributed by atoms with Crippen molar-refractivity contribution in [1.29, 1.82) is 0 Å². The normalized spacial score (nSPS) is 19.7. The zero-order chi connectivity index (χ0) is 14.6. The summed E-state index contributed by atoms with van der Waals surface area (Å²) in [5.41, 5.74) is 0.0598. The number of sulfonamides is 1. The lowest BCUT2D eigenvalue weighted by Gasteiger charge is -2.22. The van der Waals surface area contributed by atoms with E-state index in [1.54, 1.807) is 0 Å². The van der Waals surface area contributed by atoms with Crippen molar-refractivity contribution in [3.63, 3.8) is 0 Å². The van der Waals surface area contributed by atoms with Crippen LogP contribution in [0.2, 0.25) is 0 Å². The van der Waals surface area contributed by atoms with E-state index in [0.29, 0.717) is 13.2 Å². The molecule has 1 unspecified atom stereocenters. The van der Waals surface area contributed by atoms with Crippen molar-refractivity contribution >= 4 is 16.0 Å². The Bertz CT molecular complexity index is 561. The maximum Gasteiger partial charge on any atom is 0.335 e. The number of carboxylic acid groups (broad SMARTS) is 1. The summed E-state index contributed by atoms with van der Waals surface area (Å²) in [7, 11) is -3.60. The molecule has 7 heteroatoms. The molecule has 2 rings (SSSR count). The molecular weight excluding hydrogens is 282 g/mol. The first-order valence-electron chi connectivity index (χ1n) is 6.40. The highest BCUT2D eigenvalue weighted by atomic mass is 32.2. The van der Waals surface area contributed by atoms with Gasteiger partial charge >= 0.3 is 5.97 Å². The van der Waals surface area contributed by atoms with Gasteiger partial charge in [0.25, 0.3) is 0 Å². The fourth-order valence-electron chi connectivity index (χ4n) is 2.06. The zero-order valence-corrected chi connectivity index (χ0v) is 11.7. The smallest absolute Gasteiger partial charge is 0.335 e. The zero-order valence-electron chi connectivity index (χ0n) is 10.9. The van der Waals surface area contributed by atoms with Crippen LogP contribution in [0.3, 0.4) is 0 Å². The van der Waals surface area contributed by atoms with Gasteiger partial charge in [0, 0.05) is 13.2 Å². The molecule has 0 amide bonds. The third kappa shape index (κ3) is 3.78. The van der Waals surface area contributed by atoms with Gasteiger partial charge in [0.1, 0.15) is 0 Å². The minimum Gasteiger partial charge on any atom is -0.478 e. The Morgan fingerprint density at radius 3 is 2.60 bits per heavy atom. The van der Waals surface area contributed by atoms with Gasteiger partial charge in [-0.25, -0.2) is 17.9 Å². The van der Waals surface area contributed by atoms with Crippen LogP contribution in [-0.4, -0.2) is 39.3 Å². The first-order valence-corrected chi connectivity index (χ1v) is 7.88. The molecule has 1 aliphatic heterocycles. The van der Waals surface area contributed by atoms with E-state index < -0.39 is 16.0 Å². The van der Waals surface area contributed by atoms with Crippen LogP contribution in [-0.2, 0) is 14.8 Å². The molecule has 0 aromatic heterocycles. The second-order valence-electron chi connectivity index (χ2n) is 4.76. The van der Waals surface area contributed by atoms with Gasteiger partial charge in [-0.3, -0.25) is 0 Å². The lowest BCUT2D eigenvalue weighted by molar-refractivity contribution is 0.0568. The Balaban J connectivity index is 2.00. The molecule has 1 atom stereocenters. The molecule has 1 saturated heterocycles. The topological polar surface area (TPSA) is 92.7 Å². The number of rotatable bonds is 5. The summed E-state index contributed by atoms with van der Waals surface area (Å²) >= 11 is 0. The lowest BCUT2D eigenvalue weighted by atomic mass is 10.0. The third-order valence-electron chi connectivity index (χ3n) is 3.23. The van der Waals surface area contributed by atoms with E-state index in [4.69, 9.17) is 9.84 Å². The van der Waals surface area contributed by atoms with Crippen molar-refractivity contribution < 1.29 is 23.1 Å². The third-order valence-corrected chi connectivity index (χ3v) is 4.67. The molecule has 1 heterocycles. The molecule has 2 N–H and O–H groups in total. The van der Waals surface area contributed by atoms with E-state index in [2.05, 4.69) is 4.72 Å². The van der Waals surface area contributed by atoms with Gasteiger partial charge < -0.3 is 9.84 Å². The van der Waals surface area contributed by atoms with E-state index >= 15 is 0 Å². The molecule has 1 aromatic rings. The monoisotopic (exact) mass is 299 g/mol. The molecule has 1 fully saturated rings. The van der Waals surface area contributed by atoms with Gasteiger partial charge in [0.15, 0.2) is 0 Å². The fraction of sp³-hybridized carbons (Fsp3) is 0.462. The number of hydrogen-bond donors (Lipinski definition) is 2. The molecular formula is C13H17NO5S. The van der Waals surface area contributed by atoms with Crippen LogP contribution in [0, 0.1) is 5.92 Å². The van der Waals surface area contributed by atoms with Gasteiger partial charge in [-0.2, -0.15) is 0 Å². The number of hydrogen-bond acceptors (Lipinski definition) is 4. The minimum absolute atomic E-state index is 0.0598. The Morgan fingerprint density at radius 2 is 2.05 bits per heavy atom. The highest BCUT2D eigenvalue weighted by molar-refractivity contribution is 7.89. The average Bonchev–Trinajstić information content (AvgIpc) is 2.46. The van der Waals surface area contributed by atoms with E-state index in [1.165, 1.54) is 24.3 Å². The predicted molar refractivity (Wildman–Crippen MR) is 72.1 cm³/mol. The molecule has 0 aliphatic carbocycles. The maximum atomic E-state index is 12.1. The SMILES string of the molecule is O=C(O)c1ccc(S(=O)(=O)NCC2CCCOC2)cc1. The standard InChI is InChI=1S/C13H17NO5S/c15-13(16)11-3-5-12(6-4-11)20(17,18)14-8-10-2-1-7-19-9-10/h3-6,10,14H,1-2,7-9H2,(H,15,16). The first kappa shape index (κ1) is 15.0. The maximum absolute atomic E-state index is 12.1. The Hall–Kier alpha value is -1.44. The number of nitrogens with one attached hydrogen (secondary N) is 1. The van der Waals surface area contributed by atoms with Crippen LogP contribution < -0.4 is 4.72 Å². The van der Waals surface area contributed by atoms with Crippen LogP contribution in [0.5, 0.6) is 0 Å². The molecule has 0 saturated carbocycles. The van der Waals surface area contributed by atoms with Crippen molar-refractivity contribution in [2.75, 3.05) is 19.8 Å². The highest BCUT2D eigenvalue weighted by Crippen LogP contribution is 2.15. The number of carbonyl (C=O) groups is 1. The minimum atomic E-state index is -3.60. The largest absolute Gasteiger partial charge is 0.478 e. The van der Waals surface area contributed by atoms with E-state index in [-0.39, 0.29) is 16.4 Å². The van der Waals surface area contributed by atoms with Gasteiger partial charge in [-0.1, -0.05) is 0 Å². The quantitative estimate of drug-likeness (QED) is 0.849. The summed E-state index contributed by atoms with van der Waals surface area (Å²) in [5.74, 6) is -0.891. The number of carboxylic acids is 1. The van der Waals surface area contributed by atoms with E-state index in [1.807, 2.05) is 0 Å². The molecule has 0 radical (unpaired) electrons. The number of benzene rings is 1. The molecule has 1 aliphatic rings. The summed E-state index contributed by atoms with van der Waals surface area (Å²) in [6.45, 7) is 1.64. The highest BCUT2D eigenvalue weighted by Gasteiger charge is 2.19. The average molecular weight is 299 g/mol. The van der Waals surface area contributed by atoms with Crippen LogP contribution in [0.4, 0.5) is 0 Å². The summed E-state index contributed by atoms with van der Waals surface area (Å²) in [4.78, 5) is 10.8. The summed E-state index contributed by atoms with van der Waals surface area (Å²) in [6.07, 6.45) is 1.89. The summed E-state index contributed by atoms with van der Waals surface area (Å²) in [6, 6.07) is 5.15.